The standard InChI is InChI=1S/C14H15N3S2/c1-10-4-6-12(7-5-10)19-14(18)17-13(15)11-3-2-8-16-9-11/h2-9,13H,15H2,1H3,(H,17,18). The average Bonchev–Trinajstić information content (AvgIpc) is 2.42. The molecule has 0 saturated heterocycles. The fourth-order valence-electron chi connectivity index (χ4n) is 1.51. The molecule has 0 spiro atoms. The van der Waals surface area contributed by atoms with Gasteiger partial charge in [-0.2, -0.15) is 0 Å². The lowest BCUT2D eigenvalue weighted by Crippen LogP contribution is -2.31. The number of aryl methyl sites for hydroxylation is 1. The molecule has 98 valence electrons. The van der Waals surface area contributed by atoms with Crippen LogP contribution in [0.5, 0.6) is 0 Å². The fourth-order valence-corrected chi connectivity index (χ4v) is 2.60. The van der Waals surface area contributed by atoms with Gasteiger partial charge in [-0.05, 0) is 25.1 Å². The Kier molecular flexibility index (Phi) is 4.90. The molecule has 0 radical (unpaired) electrons. The first-order valence-electron chi connectivity index (χ1n) is 5.85. The van der Waals surface area contributed by atoms with E-state index in [2.05, 4.69) is 29.4 Å². The lowest BCUT2D eigenvalue weighted by Gasteiger charge is -2.15. The third-order valence-corrected chi connectivity index (χ3v) is 3.73. The van der Waals surface area contributed by atoms with Crippen LogP contribution < -0.4 is 11.1 Å². The largest absolute Gasteiger partial charge is 0.352 e. The molecule has 0 aliphatic heterocycles. The first-order valence-corrected chi connectivity index (χ1v) is 7.08. The van der Waals surface area contributed by atoms with E-state index >= 15 is 0 Å². The number of nitrogens with one attached hydrogen (secondary N) is 1. The van der Waals surface area contributed by atoms with Gasteiger partial charge in [-0.15, -0.1) is 0 Å². The normalized spacial score (nSPS) is 11.9. The number of nitrogens with two attached hydrogens (primary N) is 1. The molecule has 1 heterocycles. The van der Waals surface area contributed by atoms with Crippen LogP contribution >= 0.6 is 24.0 Å². The maximum atomic E-state index is 6.02. The number of benzene rings is 1. The van der Waals surface area contributed by atoms with Crippen molar-refractivity contribution in [3.63, 3.8) is 0 Å². The minimum Gasteiger partial charge on any atom is -0.352 e. The molecule has 3 nitrogen and oxygen atoms in total. The molecule has 19 heavy (non-hydrogen) atoms. The summed E-state index contributed by atoms with van der Waals surface area (Å²) in [6.45, 7) is 2.06. The number of hydrogen-bond acceptors (Lipinski definition) is 4. The van der Waals surface area contributed by atoms with Gasteiger partial charge in [0.15, 0.2) is 0 Å². The second-order valence-corrected chi connectivity index (χ2v) is 5.86. The maximum absolute atomic E-state index is 6.02. The SMILES string of the molecule is Cc1ccc(SC(=S)NC(N)c2cccnc2)cc1. The van der Waals surface area contributed by atoms with Gasteiger partial charge < -0.3 is 11.1 Å². The van der Waals surface area contributed by atoms with Crippen LogP contribution in [-0.2, 0) is 0 Å². The third-order valence-electron chi connectivity index (χ3n) is 2.55. The van der Waals surface area contributed by atoms with E-state index in [0.717, 1.165) is 10.5 Å². The molecule has 1 atom stereocenters. The summed E-state index contributed by atoms with van der Waals surface area (Å²) in [4.78, 5) is 5.14. The fraction of sp³-hybridized carbons (Fsp3) is 0.143. The summed E-state index contributed by atoms with van der Waals surface area (Å²) >= 11 is 6.79. The third kappa shape index (κ3) is 4.31. The quantitative estimate of drug-likeness (QED) is 0.517. The van der Waals surface area contributed by atoms with E-state index < -0.39 is 0 Å². The molecular weight excluding hydrogens is 274 g/mol. The zero-order chi connectivity index (χ0) is 13.7. The van der Waals surface area contributed by atoms with Crippen LogP contribution in [0.2, 0.25) is 0 Å². The molecule has 0 bridgehead atoms. The van der Waals surface area contributed by atoms with Gasteiger partial charge in [0.1, 0.15) is 10.5 Å². The molecule has 1 aromatic carbocycles. The van der Waals surface area contributed by atoms with Crippen LogP contribution in [0.25, 0.3) is 0 Å². The van der Waals surface area contributed by atoms with Crippen molar-refractivity contribution in [2.24, 2.45) is 5.73 Å². The number of thioether (sulfide) groups is 1. The molecule has 2 rings (SSSR count). The van der Waals surface area contributed by atoms with Gasteiger partial charge in [-0.25, -0.2) is 0 Å². The zero-order valence-electron chi connectivity index (χ0n) is 10.5. The summed E-state index contributed by atoms with van der Waals surface area (Å²) < 4.78 is 0.653. The Hall–Kier alpha value is -1.43. The van der Waals surface area contributed by atoms with E-state index in [9.17, 15) is 0 Å². The van der Waals surface area contributed by atoms with Gasteiger partial charge in [-0.1, -0.05) is 47.7 Å². The lowest BCUT2D eigenvalue weighted by atomic mass is 10.2. The first-order chi connectivity index (χ1) is 9.15. The Labute approximate surface area is 122 Å². The van der Waals surface area contributed by atoms with Crippen molar-refractivity contribution >= 4 is 28.3 Å². The highest BCUT2D eigenvalue weighted by Crippen LogP contribution is 2.20. The summed E-state index contributed by atoms with van der Waals surface area (Å²) in [5.41, 5.74) is 8.16. The molecule has 1 aromatic heterocycles. The summed E-state index contributed by atoms with van der Waals surface area (Å²) in [7, 11) is 0. The Morgan fingerprint density at radius 3 is 2.68 bits per heavy atom. The molecule has 2 aromatic rings. The molecule has 0 fully saturated rings. The molecule has 0 aliphatic rings. The molecule has 1 unspecified atom stereocenters. The maximum Gasteiger partial charge on any atom is 0.140 e. The number of rotatable bonds is 3. The van der Waals surface area contributed by atoms with Gasteiger partial charge in [0.2, 0.25) is 0 Å². The van der Waals surface area contributed by atoms with Gasteiger partial charge >= 0.3 is 0 Å². The van der Waals surface area contributed by atoms with Crippen molar-refractivity contribution < 1.29 is 0 Å². The first kappa shape index (κ1) is 14.0. The van der Waals surface area contributed by atoms with Crippen molar-refractivity contribution in [2.45, 2.75) is 18.0 Å². The summed E-state index contributed by atoms with van der Waals surface area (Å²) in [5, 5.41) is 3.09. The molecule has 0 saturated carbocycles. The van der Waals surface area contributed by atoms with Crippen molar-refractivity contribution in [1.29, 1.82) is 0 Å². The molecule has 3 N–H and O–H groups in total. The van der Waals surface area contributed by atoms with E-state index in [4.69, 9.17) is 18.0 Å². The van der Waals surface area contributed by atoms with Gasteiger partial charge in [0.25, 0.3) is 0 Å². The van der Waals surface area contributed by atoms with Crippen LogP contribution in [0.15, 0.2) is 53.7 Å². The smallest absolute Gasteiger partial charge is 0.140 e. The minimum absolute atomic E-state index is 0.334. The Bertz CT molecular complexity index is 540. The predicted molar refractivity (Wildman–Crippen MR) is 83.9 cm³/mol. The minimum atomic E-state index is -0.334. The number of nitrogens with zero attached hydrogens (tertiary/aromatic N) is 1. The Morgan fingerprint density at radius 2 is 2.05 bits per heavy atom. The summed E-state index contributed by atoms with van der Waals surface area (Å²) in [5.74, 6) is 0. The van der Waals surface area contributed by atoms with Crippen LogP contribution in [-0.4, -0.2) is 9.30 Å². The predicted octanol–water partition coefficient (Wildman–Crippen LogP) is 3.01. The molecule has 0 aliphatic carbocycles. The number of pyridine rings is 1. The zero-order valence-corrected chi connectivity index (χ0v) is 12.2. The van der Waals surface area contributed by atoms with Gasteiger partial charge in [0, 0.05) is 22.9 Å². The number of thiocarbonyl (C=S) groups is 1. The number of aromatic nitrogens is 1. The number of hydrogen-bond donors (Lipinski definition) is 2. The van der Waals surface area contributed by atoms with Crippen LogP contribution in [0, 0.1) is 6.92 Å². The van der Waals surface area contributed by atoms with E-state index in [1.54, 1.807) is 12.4 Å². The average molecular weight is 289 g/mol. The van der Waals surface area contributed by atoms with Gasteiger partial charge in [0.05, 0.1) is 0 Å². The van der Waals surface area contributed by atoms with Crippen molar-refractivity contribution in [1.82, 2.24) is 10.3 Å². The molecule has 0 amide bonds. The summed E-state index contributed by atoms with van der Waals surface area (Å²) in [6, 6.07) is 12.0. The molecule has 5 heteroatoms. The Balaban J connectivity index is 1.93. The highest BCUT2D eigenvalue weighted by molar-refractivity contribution is 8.23. The van der Waals surface area contributed by atoms with Crippen LogP contribution in [0.4, 0.5) is 0 Å². The van der Waals surface area contributed by atoms with Crippen molar-refractivity contribution in [3.05, 3.63) is 59.9 Å². The molecular formula is C14H15N3S2. The van der Waals surface area contributed by atoms with E-state index in [1.165, 1.54) is 17.3 Å². The Morgan fingerprint density at radius 1 is 1.32 bits per heavy atom. The highest BCUT2D eigenvalue weighted by Gasteiger charge is 2.08. The summed E-state index contributed by atoms with van der Waals surface area (Å²) in [6.07, 6.45) is 3.12. The van der Waals surface area contributed by atoms with E-state index in [0.29, 0.717) is 4.32 Å². The van der Waals surface area contributed by atoms with E-state index in [-0.39, 0.29) is 6.17 Å². The lowest BCUT2D eigenvalue weighted by molar-refractivity contribution is 0.689. The topological polar surface area (TPSA) is 50.9 Å². The monoisotopic (exact) mass is 289 g/mol. The van der Waals surface area contributed by atoms with Crippen LogP contribution in [0.3, 0.4) is 0 Å². The van der Waals surface area contributed by atoms with Crippen LogP contribution in [0.1, 0.15) is 17.3 Å². The van der Waals surface area contributed by atoms with Crippen molar-refractivity contribution in [3.8, 4) is 0 Å². The van der Waals surface area contributed by atoms with Gasteiger partial charge in [-0.3, -0.25) is 4.98 Å². The highest BCUT2D eigenvalue weighted by atomic mass is 32.2. The van der Waals surface area contributed by atoms with E-state index in [1.807, 2.05) is 24.3 Å². The second kappa shape index (κ2) is 6.65. The van der Waals surface area contributed by atoms with Crippen molar-refractivity contribution in [2.75, 3.05) is 0 Å². The second-order valence-electron chi connectivity index (χ2n) is 4.11.